The van der Waals surface area contributed by atoms with Gasteiger partial charge in [0.2, 0.25) is 0 Å². The van der Waals surface area contributed by atoms with Gasteiger partial charge in [0.25, 0.3) is 0 Å². The molecule has 4 nitrogen and oxygen atoms in total. The molecule has 162 valence electrons. The summed E-state index contributed by atoms with van der Waals surface area (Å²) in [6.45, 7) is 4.68. The van der Waals surface area contributed by atoms with E-state index in [2.05, 4.69) is 9.88 Å². The minimum Gasteiger partial charge on any atom is -0.297 e. The second kappa shape index (κ2) is 9.45. The SMILES string of the molecule is CC(=O)SC1CCN(C(C(=O)C2CC2)c2ccccc2F)C/C1=C\c1cccc(C)n1. The molecule has 0 spiro atoms. The third-order valence-corrected chi connectivity index (χ3v) is 7.00. The number of halogens is 1. The minimum absolute atomic E-state index is 0.0276. The maximum absolute atomic E-state index is 14.7. The van der Waals surface area contributed by atoms with Crippen LogP contribution in [0.3, 0.4) is 0 Å². The fourth-order valence-electron chi connectivity index (χ4n) is 4.23. The van der Waals surface area contributed by atoms with E-state index in [0.29, 0.717) is 18.7 Å². The van der Waals surface area contributed by atoms with Crippen LogP contribution in [0.1, 0.15) is 49.2 Å². The number of hydrogen-bond donors (Lipinski definition) is 0. The highest BCUT2D eigenvalue weighted by molar-refractivity contribution is 8.14. The molecule has 2 aliphatic rings. The number of ketones is 1. The van der Waals surface area contributed by atoms with E-state index in [1.54, 1.807) is 25.1 Å². The third kappa shape index (κ3) is 5.31. The first-order chi connectivity index (χ1) is 14.9. The van der Waals surface area contributed by atoms with E-state index >= 15 is 0 Å². The summed E-state index contributed by atoms with van der Waals surface area (Å²) >= 11 is 1.33. The van der Waals surface area contributed by atoms with Gasteiger partial charge in [-0.1, -0.05) is 36.0 Å². The molecule has 1 saturated carbocycles. The number of piperidine rings is 1. The van der Waals surface area contributed by atoms with Crippen LogP contribution in [0.2, 0.25) is 0 Å². The summed E-state index contributed by atoms with van der Waals surface area (Å²) in [5.41, 5.74) is 3.26. The number of likely N-dealkylation sites (tertiary alicyclic amines) is 1. The Morgan fingerprint density at radius 1 is 1.16 bits per heavy atom. The Morgan fingerprint density at radius 3 is 2.61 bits per heavy atom. The zero-order valence-corrected chi connectivity index (χ0v) is 18.7. The summed E-state index contributed by atoms with van der Waals surface area (Å²) < 4.78 is 14.7. The van der Waals surface area contributed by atoms with Gasteiger partial charge in [-0.05, 0) is 56.0 Å². The molecule has 1 aliphatic carbocycles. The smallest absolute Gasteiger partial charge is 0.186 e. The summed E-state index contributed by atoms with van der Waals surface area (Å²) in [5, 5.41) is 0.106. The first kappa shape index (κ1) is 21.9. The number of hydrogen-bond acceptors (Lipinski definition) is 5. The fraction of sp³-hybridized carbons (Fsp3) is 0.400. The van der Waals surface area contributed by atoms with Gasteiger partial charge < -0.3 is 0 Å². The highest BCUT2D eigenvalue weighted by Gasteiger charge is 2.41. The molecule has 0 amide bonds. The van der Waals surface area contributed by atoms with E-state index < -0.39 is 6.04 Å². The summed E-state index contributed by atoms with van der Waals surface area (Å²) in [6, 6.07) is 11.8. The molecule has 2 aromatic rings. The lowest BCUT2D eigenvalue weighted by atomic mass is 9.93. The van der Waals surface area contributed by atoms with Crippen LogP contribution in [-0.2, 0) is 9.59 Å². The minimum atomic E-state index is -0.592. The molecule has 1 aromatic heterocycles. The molecule has 6 heteroatoms. The van der Waals surface area contributed by atoms with Crippen LogP contribution in [0.15, 0.2) is 48.0 Å². The molecule has 31 heavy (non-hydrogen) atoms. The Kier molecular flexibility index (Phi) is 6.68. The molecule has 0 radical (unpaired) electrons. The number of aryl methyl sites for hydroxylation is 1. The fourth-order valence-corrected chi connectivity index (χ4v) is 5.15. The van der Waals surface area contributed by atoms with Crippen molar-refractivity contribution in [3.8, 4) is 0 Å². The van der Waals surface area contributed by atoms with Gasteiger partial charge in [0.15, 0.2) is 10.9 Å². The number of nitrogens with zero attached hydrogens (tertiary/aromatic N) is 2. The monoisotopic (exact) mass is 438 g/mol. The molecule has 2 heterocycles. The van der Waals surface area contributed by atoms with Gasteiger partial charge in [0.05, 0.1) is 11.7 Å². The van der Waals surface area contributed by atoms with E-state index in [9.17, 15) is 14.0 Å². The van der Waals surface area contributed by atoms with E-state index in [4.69, 9.17) is 0 Å². The van der Waals surface area contributed by atoms with Crippen LogP contribution in [-0.4, -0.2) is 39.1 Å². The Balaban J connectivity index is 1.68. The van der Waals surface area contributed by atoms with Gasteiger partial charge in [0.1, 0.15) is 5.82 Å². The Labute approximate surface area is 186 Å². The molecule has 1 aliphatic heterocycles. The molecule has 4 rings (SSSR count). The summed E-state index contributed by atoms with van der Waals surface area (Å²) in [7, 11) is 0. The van der Waals surface area contributed by atoms with Crippen molar-refractivity contribution in [1.29, 1.82) is 0 Å². The van der Waals surface area contributed by atoms with Gasteiger partial charge in [-0.2, -0.15) is 0 Å². The van der Waals surface area contributed by atoms with Crippen molar-refractivity contribution in [1.82, 2.24) is 9.88 Å². The van der Waals surface area contributed by atoms with Crippen molar-refractivity contribution in [2.75, 3.05) is 13.1 Å². The van der Waals surface area contributed by atoms with E-state index in [-0.39, 0.29) is 27.9 Å². The highest BCUT2D eigenvalue weighted by atomic mass is 32.2. The molecule has 0 N–H and O–H groups in total. The summed E-state index contributed by atoms with van der Waals surface area (Å²) in [6.07, 6.45) is 4.53. The molecular weight excluding hydrogens is 411 g/mol. The maximum atomic E-state index is 14.7. The summed E-state index contributed by atoms with van der Waals surface area (Å²) in [4.78, 5) is 31.7. The maximum Gasteiger partial charge on any atom is 0.186 e. The van der Waals surface area contributed by atoms with Crippen molar-refractivity contribution >= 4 is 28.7 Å². The summed E-state index contributed by atoms with van der Waals surface area (Å²) in [5.74, 6) is -0.205. The molecule has 1 aromatic carbocycles. The van der Waals surface area contributed by atoms with Gasteiger partial charge in [-0.25, -0.2) is 4.39 Å². The predicted molar refractivity (Wildman–Crippen MR) is 122 cm³/mol. The number of carbonyl (C=O) groups excluding carboxylic acids is 2. The quantitative estimate of drug-likeness (QED) is 0.636. The number of Topliss-reactive ketones (excluding diaryl/α,β-unsaturated/α-hetero) is 1. The third-order valence-electron chi connectivity index (χ3n) is 5.84. The van der Waals surface area contributed by atoms with Crippen molar-refractivity contribution in [3.63, 3.8) is 0 Å². The van der Waals surface area contributed by atoms with E-state index in [1.165, 1.54) is 17.8 Å². The zero-order chi connectivity index (χ0) is 22.0. The standard InChI is InChI=1S/C25H27FN2O2S/c1-16-6-5-7-20(27-16)14-19-15-28(13-12-23(19)31-17(2)29)24(25(30)18-10-11-18)21-8-3-4-9-22(21)26/h3-9,14,18,23-24H,10-13,15H2,1-2H3/b19-14+. The number of benzene rings is 1. The Bertz CT molecular complexity index is 1020. The lowest BCUT2D eigenvalue weighted by molar-refractivity contribution is -0.126. The number of aromatic nitrogens is 1. The van der Waals surface area contributed by atoms with E-state index in [1.807, 2.05) is 31.2 Å². The predicted octanol–water partition coefficient (Wildman–Crippen LogP) is 4.99. The number of pyridine rings is 1. The van der Waals surface area contributed by atoms with Gasteiger partial charge in [0, 0.05) is 42.4 Å². The molecule has 2 fully saturated rings. The first-order valence-electron chi connectivity index (χ1n) is 10.8. The largest absolute Gasteiger partial charge is 0.297 e. The average molecular weight is 439 g/mol. The molecule has 0 bridgehead atoms. The average Bonchev–Trinajstić information content (AvgIpc) is 3.56. The van der Waals surface area contributed by atoms with Gasteiger partial charge in [-0.15, -0.1) is 0 Å². The van der Waals surface area contributed by atoms with Crippen LogP contribution >= 0.6 is 11.8 Å². The number of rotatable bonds is 6. The van der Waals surface area contributed by atoms with E-state index in [0.717, 1.165) is 36.2 Å². The second-order valence-electron chi connectivity index (χ2n) is 8.38. The van der Waals surface area contributed by atoms with Crippen molar-refractivity contribution in [2.24, 2.45) is 5.92 Å². The second-order valence-corrected chi connectivity index (χ2v) is 9.76. The lowest BCUT2D eigenvalue weighted by Gasteiger charge is -2.38. The lowest BCUT2D eigenvalue weighted by Crippen LogP contribution is -2.43. The van der Waals surface area contributed by atoms with Crippen LogP contribution in [0, 0.1) is 18.7 Å². The number of carbonyl (C=O) groups is 2. The van der Waals surface area contributed by atoms with Crippen molar-refractivity contribution < 1.29 is 14.0 Å². The van der Waals surface area contributed by atoms with Gasteiger partial charge >= 0.3 is 0 Å². The molecule has 2 atom stereocenters. The number of thioether (sulfide) groups is 1. The zero-order valence-electron chi connectivity index (χ0n) is 17.9. The topological polar surface area (TPSA) is 50.3 Å². The van der Waals surface area contributed by atoms with Crippen LogP contribution in [0.25, 0.3) is 6.08 Å². The molecule has 1 saturated heterocycles. The molecular formula is C25H27FN2O2S. The first-order valence-corrected chi connectivity index (χ1v) is 11.6. The normalized spacial score (nSPS) is 21.8. The molecule has 2 unspecified atom stereocenters. The van der Waals surface area contributed by atoms with Crippen LogP contribution < -0.4 is 0 Å². The van der Waals surface area contributed by atoms with Crippen molar-refractivity contribution in [3.05, 3.63) is 70.8 Å². The van der Waals surface area contributed by atoms with Crippen LogP contribution in [0.5, 0.6) is 0 Å². The highest BCUT2D eigenvalue weighted by Crippen LogP contribution is 2.40. The van der Waals surface area contributed by atoms with Crippen LogP contribution in [0.4, 0.5) is 4.39 Å². The van der Waals surface area contributed by atoms with Gasteiger partial charge in [-0.3, -0.25) is 19.5 Å². The Morgan fingerprint density at radius 2 is 1.94 bits per heavy atom. The van der Waals surface area contributed by atoms with Crippen molar-refractivity contribution in [2.45, 2.75) is 44.4 Å². The Hall–Kier alpha value is -2.31.